The first-order valence-corrected chi connectivity index (χ1v) is 5.65. The van der Waals surface area contributed by atoms with Crippen LogP contribution in [0.2, 0.25) is 0 Å². The van der Waals surface area contributed by atoms with E-state index in [0.29, 0.717) is 11.4 Å². The lowest BCUT2D eigenvalue weighted by atomic mass is 10.1. The number of rotatable bonds is 5. The molecule has 0 fully saturated rings. The van der Waals surface area contributed by atoms with Crippen LogP contribution in [-0.2, 0) is 9.59 Å². The molecule has 0 saturated heterocycles. The Morgan fingerprint density at radius 2 is 1.89 bits per heavy atom. The van der Waals surface area contributed by atoms with Crippen molar-refractivity contribution in [2.24, 2.45) is 5.92 Å². The molecule has 5 heteroatoms. The van der Waals surface area contributed by atoms with Gasteiger partial charge in [0.25, 0.3) is 0 Å². The van der Waals surface area contributed by atoms with Crippen molar-refractivity contribution in [2.45, 2.75) is 13.3 Å². The minimum absolute atomic E-state index is 0.272. The molecule has 0 heterocycles. The van der Waals surface area contributed by atoms with E-state index in [-0.39, 0.29) is 6.42 Å². The monoisotopic (exact) mass is 251 g/mol. The summed E-state index contributed by atoms with van der Waals surface area (Å²) < 4.78 is 5.02. The first kappa shape index (κ1) is 14.0. The highest BCUT2D eigenvalue weighted by Gasteiger charge is 2.27. The zero-order chi connectivity index (χ0) is 13.7. The number of aliphatic carboxylic acids is 1. The van der Waals surface area contributed by atoms with Gasteiger partial charge >= 0.3 is 5.97 Å². The van der Waals surface area contributed by atoms with E-state index in [0.717, 1.165) is 0 Å². The van der Waals surface area contributed by atoms with Gasteiger partial charge in [0.15, 0.2) is 0 Å². The molecule has 0 aliphatic heterocycles. The summed E-state index contributed by atoms with van der Waals surface area (Å²) in [5.41, 5.74) is 0.639. The number of carboxylic acids is 1. The third-order valence-corrected chi connectivity index (χ3v) is 2.79. The van der Waals surface area contributed by atoms with Crippen LogP contribution in [-0.4, -0.2) is 31.1 Å². The fraction of sp³-hybridized carbons (Fsp3) is 0.385. The van der Waals surface area contributed by atoms with Crippen molar-refractivity contribution >= 4 is 17.6 Å². The van der Waals surface area contributed by atoms with Crippen LogP contribution in [0.15, 0.2) is 24.3 Å². The Morgan fingerprint density at radius 3 is 2.28 bits per heavy atom. The van der Waals surface area contributed by atoms with E-state index in [2.05, 4.69) is 0 Å². The summed E-state index contributed by atoms with van der Waals surface area (Å²) in [5, 5.41) is 8.95. The molecule has 98 valence electrons. The number of amides is 1. The molecule has 0 saturated carbocycles. The number of carboxylic acid groups (broad SMARTS) is 1. The van der Waals surface area contributed by atoms with Crippen molar-refractivity contribution < 1.29 is 19.4 Å². The number of methoxy groups -OCH3 is 1. The molecule has 18 heavy (non-hydrogen) atoms. The van der Waals surface area contributed by atoms with E-state index in [9.17, 15) is 9.59 Å². The molecule has 1 aromatic rings. The Bertz CT molecular complexity index is 427. The van der Waals surface area contributed by atoms with Gasteiger partial charge in [0.2, 0.25) is 5.91 Å². The predicted molar refractivity (Wildman–Crippen MR) is 67.8 cm³/mol. The van der Waals surface area contributed by atoms with Gasteiger partial charge in [-0.25, -0.2) is 0 Å². The van der Waals surface area contributed by atoms with Gasteiger partial charge in [-0.05, 0) is 30.7 Å². The Kier molecular flexibility index (Phi) is 4.71. The minimum atomic E-state index is -1.09. The molecule has 1 rings (SSSR count). The molecule has 1 atom stereocenters. The molecule has 1 amide bonds. The van der Waals surface area contributed by atoms with Crippen molar-refractivity contribution in [3.05, 3.63) is 24.3 Å². The van der Waals surface area contributed by atoms with E-state index >= 15 is 0 Å². The maximum atomic E-state index is 12.0. The number of hydrogen-bond donors (Lipinski definition) is 1. The van der Waals surface area contributed by atoms with E-state index in [1.54, 1.807) is 45.3 Å². The number of ether oxygens (including phenoxy) is 1. The fourth-order valence-corrected chi connectivity index (χ4v) is 1.62. The summed E-state index contributed by atoms with van der Waals surface area (Å²) in [4.78, 5) is 24.3. The van der Waals surface area contributed by atoms with Gasteiger partial charge in [0.1, 0.15) is 11.7 Å². The van der Waals surface area contributed by atoms with Gasteiger partial charge in [-0.2, -0.15) is 0 Å². The summed E-state index contributed by atoms with van der Waals surface area (Å²) in [5.74, 6) is -1.83. The Labute approximate surface area is 106 Å². The summed E-state index contributed by atoms with van der Waals surface area (Å²) in [6.45, 7) is 1.68. The van der Waals surface area contributed by atoms with Gasteiger partial charge in [-0.15, -0.1) is 0 Å². The summed E-state index contributed by atoms with van der Waals surface area (Å²) in [6, 6.07) is 6.87. The van der Waals surface area contributed by atoms with Crippen LogP contribution in [0.5, 0.6) is 5.75 Å². The molecule has 1 N–H and O–H groups in total. The molecular weight excluding hydrogens is 234 g/mol. The summed E-state index contributed by atoms with van der Waals surface area (Å²) >= 11 is 0. The molecule has 0 bridgehead atoms. The highest BCUT2D eigenvalue weighted by atomic mass is 16.5. The molecular formula is C13H17NO4. The molecule has 0 radical (unpaired) electrons. The third kappa shape index (κ3) is 3.00. The van der Waals surface area contributed by atoms with Crippen molar-refractivity contribution in [3.63, 3.8) is 0 Å². The number of carbonyl (C=O) groups is 2. The highest BCUT2D eigenvalue weighted by molar-refractivity contribution is 6.05. The Balaban J connectivity index is 2.88. The average Bonchev–Trinajstić information content (AvgIpc) is 2.38. The molecule has 5 nitrogen and oxygen atoms in total. The van der Waals surface area contributed by atoms with Crippen LogP contribution in [0.4, 0.5) is 5.69 Å². The van der Waals surface area contributed by atoms with Gasteiger partial charge in [0.05, 0.1) is 7.11 Å². The topological polar surface area (TPSA) is 66.8 Å². The lowest BCUT2D eigenvalue weighted by Crippen LogP contribution is -2.36. The molecule has 0 aliphatic carbocycles. The van der Waals surface area contributed by atoms with Gasteiger partial charge < -0.3 is 14.7 Å². The van der Waals surface area contributed by atoms with Crippen molar-refractivity contribution in [1.29, 1.82) is 0 Å². The Hall–Kier alpha value is -2.04. The van der Waals surface area contributed by atoms with Crippen LogP contribution < -0.4 is 9.64 Å². The van der Waals surface area contributed by atoms with E-state index in [1.165, 1.54) is 4.90 Å². The second kappa shape index (κ2) is 6.05. The summed E-state index contributed by atoms with van der Waals surface area (Å²) in [7, 11) is 3.12. The van der Waals surface area contributed by atoms with Crippen LogP contribution in [0.3, 0.4) is 0 Å². The molecule has 1 unspecified atom stereocenters. The molecule has 0 aromatic heterocycles. The largest absolute Gasteiger partial charge is 0.497 e. The smallest absolute Gasteiger partial charge is 0.316 e. The maximum absolute atomic E-state index is 12.0. The molecule has 0 spiro atoms. The SMILES string of the molecule is CCC(C(=O)O)C(=O)N(C)c1ccc(OC)cc1. The van der Waals surface area contributed by atoms with E-state index in [1.807, 2.05) is 0 Å². The maximum Gasteiger partial charge on any atom is 0.316 e. The van der Waals surface area contributed by atoms with Crippen molar-refractivity contribution in [3.8, 4) is 5.75 Å². The number of benzene rings is 1. The number of carbonyl (C=O) groups excluding carboxylic acids is 1. The standard InChI is InChI=1S/C13H17NO4/c1-4-11(13(16)17)12(15)14(2)9-5-7-10(18-3)8-6-9/h5-8,11H,4H2,1-3H3,(H,16,17). The van der Waals surface area contributed by atoms with Crippen LogP contribution in [0, 0.1) is 5.92 Å². The number of nitrogens with zero attached hydrogens (tertiary/aromatic N) is 1. The molecule has 1 aromatic carbocycles. The van der Waals surface area contributed by atoms with Crippen LogP contribution in [0.1, 0.15) is 13.3 Å². The van der Waals surface area contributed by atoms with Crippen molar-refractivity contribution in [2.75, 3.05) is 19.1 Å². The minimum Gasteiger partial charge on any atom is -0.497 e. The van der Waals surface area contributed by atoms with Gasteiger partial charge in [-0.3, -0.25) is 9.59 Å². The number of hydrogen-bond acceptors (Lipinski definition) is 3. The third-order valence-electron chi connectivity index (χ3n) is 2.79. The molecule has 0 aliphatic rings. The Morgan fingerprint density at radius 1 is 1.33 bits per heavy atom. The van der Waals surface area contributed by atoms with Crippen molar-refractivity contribution in [1.82, 2.24) is 0 Å². The normalized spacial score (nSPS) is 11.7. The van der Waals surface area contributed by atoms with Crippen LogP contribution >= 0.6 is 0 Å². The lowest BCUT2D eigenvalue weighted by molar-refractivity contribution is -0.146. The first-order valence-electron chi connectivity index (χ1n) is 5.65. The second-order valence-corrected chi connectivity index (χ2v) is 3.89. The van der Waals surface area contributed by atoms with Crippen LogP contribution in [0.25, 0.3) is 0 Å². The number of anilines is 1. The predicted octanol–water partition coefficient (Wildman–Crippen LogP) is 1.77. The highest BCUT2D eigenvalue weighted by Crippen LogP contribution is 2.20. The first-order chi connectivity index (χ1) is 8.51. The zero-order valence-corrected chi connectivity index (χ0v) is 10.7. The second-order valence-electron chi connectivity index (χ2n) is 3.89. The van der Waals surface area contributed by atoms with E-state index < -0.39 is 17.8 Å². The average molecular weight is 251 g/mol. The van der Waals surface area contributed by atoms with Gasteiger partial charge in [-0.1, -0.05) is 6.92 Å². The zero-order valence-electron chi connectivity index (χ0n) is 10.7. The van der Waals surface area contributed by atoms with Gasteiger partial charge in [0, 0.05) is 12.7 Å². The summed E-state index contributed by atoms with van der Waals surface area (Å²) in [6.07, 6.45) is 0.272. The van der Waals surface area contributed by atoms with E-state index in [4.69, 9.17) is 9.84 Å². The fourth-order valence-electron chi connectivity index (χ4n) is 1.62. The quantitative estimate of drug-likeness (QED) is 0.810. The lowest BCUT2D eigenvalue weighted by Gasteiger charge is -2.21.